The second-order valence-corrected chi connectivity index (χ2v) is 7.88. The maximum absolute atomic E-state index is 12.6. The van der Waals surface area contributed by atoms with Crippen molar-refractivity contribution >= 4 is 23.2 Å². The molecule has 7 nitrogen and oxygen atoms in total. The van der Waals surface area contributed by atoms with Crippen molar-refractivity contribution in [2.24, 2.45) is 0 Å². The number of rotatable bonds is 9. The van der Waals surface area contributed by atoms with E-state index in [1.54, 1.807) is 45.4 Å². The second-order valence-electron chi connectivity index (χ2n) is 7.47. The lowest BCUT2D eigenvalue weighted by Gasteiger charge is -2.19. The molecule has 174 valence electrons. The van der Waals surface area contributed by atoms with Crippen LogP contribution in [0.3, 0.4) is 0 Å². The summed E-state index contributed by atoms with van der Waals surface area (Å²) in [6, 6.07) is 14.0. The molecular formula is C25H27ClN2O5. The van der Waals surface area contributed by atoms with Gasteiger partial charge in [-0.05, 0) is 62.7 Å². The lowest BCUT2D eigenvalue weighted by molar-refractivity contribution is -0.122. The average molecular weight is 471 g/mol. The van der Waals surface area contributed by atoms with Crippen LogP contribution < -0.4 is 25.0 Å². The van der Waals surface area contributed by atoms with Crippen LogP contribution in [0.25, 0.3) is 0 Å². The molecule has 1 unspecified atom stereocenters. The summed E-state index contributed by atoms with van der Waals surface area (Å²) in [6.45, 7) is 6.07. The van der Waals surface area contributed by atoms with Gasteiger partial charge >= 0.3 is 0 Å². The first kappa shape index (κ1) is 24.2. The van der Waals surface area contributed by atoms with Crippen LogP contribution in [0.1, 0.15) is 18.2 Å². The fourth-order valence-electron chi connectivity index (χ4n) is 3.18. The highest BCUT2D eigenvalue weighted by Crippen LogP contribution is 2.23. The van der Waals surface area contributed by atoms with Crippen molar-refractivity contribution in [2.75, 3.05) is 19.0 Å². The van der Waals surface area contributed by atoms with Gasteiger partial charge in [0.15, 0.2) is 11.9 Å². The number of nitrogens with one attached hydrogen (secondary N) is 1. The summed E-state index contributed by atoms with van der Waals surface area (Å²) in [6.07, 6.45) is 0.795. The minimum atomic E-state index is -0.888. The summed E-state index contributed by atoms with van der Waals surface area (Å²) in [7, 11) is 1.61. The van der Waals surface area contributed by atoms with Gasteiger partial charge in [-0.3, -0.25) is 9.59 Å². The van der Waals surface area contributed by atoms with E-state index < -0.39 is 6.10 Å². The predicted octanol–water partition coefficient (Wildman–Crippen LogP) is 4.61. The van der Waals surface area contributed by atoms with Crippen LogP contribution in [0.15, 0.2) is 59.5 Å². The summed E-state index contributed by atoms with van der Waals surface area (Å²) in [5.74, 6) is 1.22. The molecular weight excluding hydrogens is 444 g/mol. The highest BCUT2D eigenvalue weighted by Gasteiger charge is 2.19. The minimum absolute atomic E-state index is 0.132. The van der Waals surface area contributed by atoms with E-state index in [-0.39, 0.29) is 17.1 Å². The largest absolute Gasteiger partial charge is 0.497 e. The molecule has 33 heavy (non-hydrogen) atoms. The zero-order chi connectivity index (χ0) is 24.0. The number of pyridine rings is 1. The van der Waals surface area contributed by atoms with Crippen LogP contribution >= 0.6 is 11.6 Å². The number of benzene rings is 2. The second kappa shape index (κ2) is 10.9. The molecule has 0 fully saturated rings. The van der Waals surface area contributed by atoms with E-state index in [4.69, 9.17) is 25.8 Å². The molecule has 1 aromatic heterocycles. The summed E-state index contributed by atoms with van der Waals surface area (Å²) >= 11 is 6.12. The molecule has 3 rings (SSSR count). The van der Waals surface area contributed by atoms with Crippen molar-refractivity contribution in [3.05, 3.63) is 81.2 Å². The number of methoxy groups -OCH3 is 1. The molecule has 0 radical (unpaired) electrons. The topological polar surface area (TPSA) is 78.8 Å². The Bertz CT molecular complexity index is 1170. The van der Waals surface area contributed by atoms with Gasteiger partial charge in [0.1, 0.15) is 18.1 Å². The summed E-state index contributed by atoms with van der Waals surface area (Å²) in [5.41, 5.74) is 1.67. The molecule has 0 saturated carbocycles. The number of carbonyl (C=O) groups excluding carboxylic acids is 1. The molecule has 1 atom stereocenters. The van der Waals surface area contributed by atoms with E-state index in [9.17, 15) is 9.59 Å². The van der Waals surface area contributed by atoms with Crippen LogP contribution in [-0.2, 0) is 11.3 Å². The number of amides is 1. The predicted molar refractivity (Wildman–Crippen MR) is 129 cm³/mol. The van der Waals surface area contributed by atoms with Crippen molar-refractivity contribution in [2.45, 2.75) is 33.4 Å². The molecule has 8 heteroatoms. The SMILES string of the molecule is COc1ccc(OCCn2ccc(=O)c(OC(C)C(=O)Nc3cccc(Cl)c3C)c2C)cc1. The van der Waals surface area contributed by atoms with Gasteiger partial charge in [-0.1, -0.05) is 17.7 Å². The van der Waals surface area contributed by atoms with Crippen LogP contribution in [-0.4, -0.2) is 30.3 Å². The van der Waals surface area contributed by atoms with Crippen LogP contribution in [0.4, 0.5) is 5.69 Å². The highest BCUT2D eigenvalue weighted by molar-refractivity contribution is 6.31. The Balaban J connectivity index is 1.65. The Hall–Kier alpha value is -3.45. The van der Waals surface area contributed by atoms with E-state index in [0.29, 0.717) is 35.3 Å². The number of hydrogen-bond acceptors (Lipinski definition) is 5. The number of anilines is 1. The lowest BCUT2D eigenvalue weighted by Crippen LogP contribution is -2.32. The number of ether oxygens (including phenoxy) is 3. The van der Waals surface area contributed by atoms with Crippen molar-refractivity contribution in [3.63, 3.8) is 0 Å². The van der Waals surface area contributed by atoms with Gasteiger partial charge in [-0.25, -0.2) is 0 Å². The van der Waals surface area contributed by atoms with E-state index in [2.05, 4.69) is 5.32 Å². The van der Waals surface area contributed by atoms with Gasteiger partial charge < -0.3 is 24.1 Å². The smallest absolute Gasteiger partial charge is 0.265 e. The van der Waals surface area contributed by atoms with E-state index in [1.165, 1.54) is 6.07 Å². The minimum Gasteiger partial charge on any atom is -0.497 e. The molecule has 0 aliphatic carbocycles. The quantitative estimate of drug-likeness (QED) is 0.494. The van der Waals surface area contributed by atoms with Gasteiger partial charge in [0.05, 0.1) is 19.3 Å². The monoisotopic (exact) mass is 470 g/mol. The first-order chi connectivity index (χ1) is 15.8. The van der Waals surface area contributed by atoms with Gasteiger partial charge in [0, 0.05) is 23.0 Å². The standard InChI is InChI=1S/C25H27ClN2O5/c1-16-21(26)6-5-7-22(16)27-25(30)18(3)33-24-17(2)28(13-12-23(24)29)14-15-32-20-10-8-19(31-4)9-11-20/h5-13,18H,14-15H2,1-4H3,(H,27,30). The van der Waals surface area contributed by atoms with Crippen LogP contribution in [0.5, 0.6) is 17.2 Å². The van der Waals surface area contributed by atoms with Crippen molar-refractivity contribution in [1.29, 1.82) is 0 Å². The maximum Gasteiger partial charge on any atom is 0.265 e. The fraction of sp³-hybridized carbons (Fsp3) is 0.280. The lowest BCUT2D eigenvalue weighted by atomic mass is 10.2. The average Bonchev–Trinajstić information content (AvgIpc) is 2.81. The van der Waals surface area contributed by atoms with Crippen LogP contribution in [0.2, 0.25) is 5.02 Å². The Morgan fingerprint density at radius 1 is 1.09 bits per heavy atom. The zero-order valence-corrected chi connectivity index (χ0v) is 19.8. The molecule has 1 heterocycles. The summed E-state index contributed by atoms with van der Waals surface area (Å²) in [5, 5.41) is 3.35. The molecule has 2 aromatic carbocycles. The highest BCUT2D eigenvalue weighted by atomic mass is 35.5. The molecule has 3 aromatic rings. The van der Waals surface area contributed by atoms with Crippen LogP contribution in [0, 0.1) is 13.8 Å². The van der Waals surface area contributed by atoms with Crippen molar-refractivity contribution < 1.29 is 19.0 Å². The third-order valence-electron chi connectivity index (χ3n) is 5.24. The molecule has 1 amide bonds. The molecule has 0 aliphatic rings. The molecule has 0 bridgehead atoms. The molecule has 0 saturated heterocycles. The number of aromatic nitrogens is 1. The third kappa shape index (κ3) is 6.08. The van der Waals surface area contributed by atoms with Gasteiger partial charge in [-0.15, -0.1) is 0 Å². The van der Waals surface area contributed by atoms with Crippen molar-refractivity contribution in [1.82, 2.24) is 4.57 Å². The van der Waals surface area contributed by atoms with Crippen molar-refractivity contribution in [3.8, 4) is 17.2 Å². The molecule has 1 N–H and O–H groups in total. The van der Waals surface area contributed by atoms with Gasteiger partial charge in [0.25, 0.3) is 5.91 Å². The first-order valence-corrected chi connectivity index (χ1v) is 10.9. The fourth-order valence-corrected chi connectivity index (χ4v) is 3.36. The number of hydrogen-bond donors (Lipinski definition) is 1. The zero-order valence-electron chi connectivity index (χ0n) is 19.1. The van der Waals surface area contributed by atoms with E-state index in [0.717, 1.165) is 11.3 Å². The Morgan fingerprint density at radius 3 is 2.48 bits per heavy atom. The molecule has 0 spiro atoms. The van der Waals surface area contributed by atoms with E-state index >= 15 is 0 Å². The Labute approximate surface area is 197 Å². The summed E-state index contributed by atoms with van der Waals surface area (Å²) < 4.78 is 18.5. The Morgan fingerprint density at radius 2 is 1.79 bits per heavy atom. The maximum atomic E-state index is 12.6. The number of nitrogens with zero attached hydrogens (tertiary/aromatic N) is 1. The normalized spacial score (nSPS) is 11.5. The first-order valence-electron chi connectivity index (χ1n) is 10.5. The number of carbonyl (C=O) groups is 1. The Kier molecular flexibility index (Phi) is 8.01. The van der Waals surface area contributed by atoms with Gasteiger partial charge in [0.2, 0.25) is 5.43 Å². The van der Waals surface area contributed by atoms with E-state index in [1.807, 2.05) is 35.8 Å². The van der Waals surface area contributed by atoms with Gasteiger partial charge in [-0.2, -0.15) is 0 Å². The third-order valence-corrected chi connectivity index (χ3v) is 5.65. The number of halogens is 1. The summed E-state index contributed by atoms with van der Waals surface area (Å²) in [4.78, 5) is 25.1. The molecule has 0 aliphatic heterocycles.